The number of benzene rings is 4. The Balaban J connectivity index is 0.000000165. The summed E-state index contributed by atoms with van der Waals surface area (Å²) in [7, 11) is 0. The zero-order chi connectivity index (χ0) is 29.6. The molecule has 0 unspecified atom stereocenters. The van der Waals surface area contributed by atoms with E-state index in [4.69, 9.17) is 0 Å². The Labute approximate surface area is 263 Å². The first-order chi connectivity index (χ1) is 19.4. The molecule has 0 heterocycles. The van der Waals surface area contributed by atoms with Crippen molar-refractivity contribution in [3.63, 3.8) is 0 Å². The van der Waals surface area contributed by atoms with Crippen LogP contribution in [0.25, 0.3) is 11.1 Å². The van der Waals surface area contributed by atoms with E-state index in [1.165, 1.54) is 77.5 Å². The van der Waals surface area contributed by atoms with E-state index >= 15 is 0 Å². The molecule has 1 heteroatoms. The number of allylic oxidation sites excluding steroid dienone is 4. The van der Waals surface area contributed by atoms with Crippen LogP contribution in [0, 0.1) is 12.1 Å². The van der Waals surface area contributed by atoms with Gasteiger partial charge in [0.05, 0.1) is 0 Å². The van der Waals surface area contributed by atoms with Gasteiger partial charge in [-0.05, 0) is 28.4 Å². The first-order valence-corrected chi connectivity index (χ1v) is 15.8. The summed E-state index contributed by atoms with van der Waals surface area (Å²) in [6.45, 7) is 15.7. The van der Waals surface area contributed by atoms with Gasteiger partial charge in [-0.1, -0.05) is 65.3 Å². The molecule has 0 nitrogen and oxygen atoms in total. The van der Waals surface area contributed by atoms with E-state index in [0.29, 0.717) is 0 Å². The molecule has 0 bridgehead atoms. The third-order valence-electron chi connectivity index (χ3n) is 7.46. The molecule has 0 N–H and O–H groups in total. The fourth-order valence-electron chi connectivity index (χ4n) is 4.90. The Morgan fingerprint density at radius 3 is 1.76 bits per heavy atom. The maximum atomic E-state index is 3.67. The molecule has 0 saturated carbocycles. The molecule has 4 aromatic rings. The van der Waals surface area contributed by atoms with Crippen molar-refractivity contribution >= 4 is 3.21 Å². The Morgan fingerprint density at radius 2 is 1.29 bits per heavy atom. The topological polar surface area (TPSA) is 0 Å². The van der Waals surface area contributed by atoms with Gasteiger partial charge in [-0.15, -0.1) is 24.5 Å². The van der Waals surface area contributed by atoms with Crippen LogP contribution < -0.4 is 0 Å². The minimum absolute atomic E-state index is 0.167. The molecule has 2 aliphatic carbocycles. The van der Waals surface area contributed by atoms with Gasteiger partial charge >= 0.3 is 99.2 Å². The zero-order valence-electron chi connectivity index (χ0n) is 25.7. The van der Waals surface area contributed by atoms with Crippen LogP contribution in [0.1, 0.15) is 88.3 Å². The maximum absolute atomic E-state index is 3.67. The van der Waals surface area contributed by atoms with E-state index in [-0.39, 0.29) is 10.8 Å². The van der Waals surface area contributed by atoms with Crippen molar-refractivity contribution in [2.45, 2.75) is 72.1 Å². The summed E-state index contributed by atoms with van der Waals surface area (Å²) in [4.78, 5) is 0. The molecule has 2 aliphatic rings. The second kappa shape index (κ2) is 13.4. The van der Waals surface area contributed by atoms with Crippen molar-refractivity contribution < 1.29 is 24.2 Å². The summed E-state index contributed by atoms with van der Waals surface area (Å²) in [5.41, 5.74) is 12.7. The van der Waals surface area contributed by atoms with Crippen molar-refractivity contribution in [3.8, 4) is 11.1 Å². The summed E-state index contributed by atoms with van der Waals surface area (Å²) in [6, 6.07) is 36.3. The molecular weight excluding hydrogens is 572 g/mol. The van der Waals surface area contributed by atoms with Gasteiger partial charge in [-0.3, -0.25) is 6.08 Å². The molecule has 0 spiro atoms. The van der Waals surface area contributed by atoms with Gasteiger partial charge < -0.3 is 0 Å². The van der Waals surface area contributed by atoms with Crippen molar-refractivity contribution in [1.29, 1.82) is 0 Å². The predicted octanol–water partition coefficient (Wildman–Crippen LogP) is 10.2. The van der Waals surface area contributed by atoms with Gasteiger partial charge in [-0.2, -0.15) is 29.8 Å². The Hall–Kier alpha value is -2.89. The standard InChI is InChI=1S/C21H25.C13H10.C6H7.Zr/c1-20(2,3)16-7-9-18-14(12-16)11-15-13-17(21(4,5)6)8-10-19(15)18;1-3-7-12(8-4-1)11-13-9-5-2-6-10-13;1-6-4-2-3-5-6;/h7-10,12H,11H2,1-6H3;1-10H;4-5H,2H2,1H3;/q-1;;-1;+2. The molecule has 0 atom stereocenters. The molecular formula is C40H42Zr. The molecule has 0 radical (unpaired) electrons. The number of hydrogen-bond donors (Lipinski definition) is 0. The second-order valence-electron chi connectivity index (χ2n) is 12.9. The summed E-state index contributed by atoms with van der Waals surface area (Å²) in [5, 5.41) is 0. The van der Waals surface area contributed by atoms with Crippen LogP contribution in [0.2, 0.25) is 0 Å². The third-order valence-corrected chi connectivity index (χ3v) is 8.88. The van der Waals surface area contributed by atoms with Gasteiger partial charge in [0.15, 0.2) is 0 Å². The van der Waals surface area contributed by atoms with Gasteiger partial charge in [0, 0.05) is 0 Å². The average Bonchev–Trinajstić information content (AvgIpc) is 3.59. The minimum atomic E-state index is 0.167. The number of hydrogen-bond acceptors (Lipinski definition) is 0. The van der Waals surface area contributed by atoms with E-state index < -0.39 is 0 Å². The van der Waals surface area contributed by atoms with Crippen molar-refractivity contribution in [3.05, 3.63) is 154 Å². The average molecular weight is 614 g/mol. The van der Waals surface area contributed by atoms with Crippen LogP contribution in [0.15, 0.2) is 109 Å². The Kier molecular flexibility index (Phi) is 10.1. The molecule has 6 rings (SSSR count). The molecule has 4 aromatic carbocycles. The van der Waals surface area contributed by atoms with E-state index in [1.807, 2.05) is 6.08 Å². The molecule has 0 amide bonds. The fourth-order valence-corrected chi connectivity index (χ4v) is 5.72. The number of rotatable bonds is 2. The summed E-state index contributed by atoms with van der Waals surface area (Å²) < 4.78 is 1.42. The molecule has 41 heavy (non-hydrogen) atoms. The second-order valence-corrected chi connectivity index (χ2v) is 14.1. The molecule has 0 aromatic heterocycles. The van der Waals surface area contributed by atoms with E-state index in [0.717, 1.165) is 12.8 Å². The summed E-state index contributed by atoms with van der Waals surface area (Å²) >= 11 is 1.46. The van der Waals surface area contributed by atoms with Gasteiger partial charge in [0.2, 0.25) is 0 Å². The van der Waals surface area contributed by atoms with Gasteiger partial charge in [-0.25, -0.2) is 11.6 Å². The third kappa shape index (κ3) is 8.33. The monoisotopic (exact) mass is 612 g/mol. The van der Waals surface area contributed by atoms with E-state index in [9.17, 15) is 0 Å². The zero-order valence-corrected chi connectivity index (χ0v) is 28.2. The van der Waals surface area contributed by atoms with Crippen LogP contribution in [-0.2, 0) is 41.5 Å². The Bertz CT molecular complexity index is 1430. The van der Waals surface area contributed by atoms with Crippen molar-refractivity contribution in [1.82, 2.24) is 0 Å². The summed E-state index contributed by atoms with van der Waals surface area (Å²) in [5.74, 6) is 0. The van der Waals surface area contributed by atoms with Crippen LogP contribution in [0.3, 0.4) is 0 Å². The quantitative estimate of drug-likeness (QED) is 0.174. The first-order valence-electron chi connectivity index (χ1n) is 14.6. The first kappa shape index (κ1) is 31.1. The van der Waals surface area contributed by atoms with Crippen molar-refractivity contribution in [2.24, 2.45) is 0 Å². The van der Waals surface area contributed by atoms with Crippen LogP contribution in [0.5, 0.6) is 0 Å². The van der Waals surface area contributed by atoms with E-state index in [2.05, 4.69) is 158 Å². The predicted molar refractivity (Wildman–Crippen MR) is 173 cm³/mol. The molecule has 206 valence electrons. The van der Waals surface area contributed by atoms with Crippen LogP contribution in [-0.4, -0.2) is 3.21 Å². The van der Waals surface area contributed by atoms with Crippen LogP contribution >= 0.6 is 0 Å². The molecule has 0 aliphatic heterocycles. The normalized spacial score (nSPS) is 13.2. The van der Waals surface area contributed by atoms with E-state index in [1.54, 1.807) is 0 Å². The van der Waals surface area contributed by atoms with Gasteiger partial charge in [0.1, 0.15) is 0 Å². The Morgan fingerprint density at radius 1 is 0.707 bits per heavy atom. The number of fused-ring (bicyclic) bond motifs is 3. The van der Waals surface area contributed by atoms with Crippen molar-refractivity contribution in [2.75, 3.05) is 0 Å². The fraction of sp³-hybridized carbons (Fsp3) is 0.275. The molecule has 0 fully saturated rings. The SMILES string of the molecule is CC(C)(C)c1[c-]c2c(cc1)-c1ccc(C(C)(C)C)cc1C2.CC1=CC[C-]=C1.[Zr+2]=[C](c1ccccc1)c1ccccc1. The van der Waals surface area contributed by atoms with Crippen LogP contribution in [0.4, 0.5) is 0 Å². The van der Waals surface area contributed by atoms with Gasteiger partial charge in [0.25, 0.3) is 0 Å². The molecule has 0 saturated heterocycles. The summed E-state index contributed by atoms with van der Waals surface area (Å²) in [6.07, 6.45) is 9.27.